The molecule has 0 saturated carbocycles. The fourth-order valence-corrected chi connectivity index (χ4v) is 7.90. The monoisotopic (exact) mass is 969 g/mol. The van der Waals surface area contributed by atoms with Crippen molar-refractivity contribution in [2.45, 2.75) is 264 Å². The second-order valence-corrected chi connectivity index (χ2v) is 19.0. The lowest BCUT2D eigenvalue weighted by atomic mass is 10.1. The van der Waals surface area contributed by atoms with E-state index in [4.69, 9.17) is 9.47 Å². The van der Waals surface area contributed by atoms with Crippen molar-refractivity contribution in [3.63, 3.8) is 0 Å². The molecule has 0 amide bonds. The molecule has 0 aromatic carbocycles. The van der Waals surface area contributed by atoms with Crippen molar-refractivity contribution in [2.75, 3.05) is 13.2 Å². The van der Waals surface area contributed by atoms with Crippen molar-refractivity contribution < 1.29 is 24.2 Å². The Morgan fingerprint density at radius 2 is 0.614 bits per heavy atom. The maximum Gasteiger partial charge on any atom is 0.306 e. The van der Waals surface area contributed by atoms with Crippen LogP contribution < -0.4 is 0 Å². The molecule has 0 fully saturated rings. The van der Waals surface area contributed by atoms with Gasteiger partial charge in [-0.3, -0.25) is 9.59 Å². The van der Waals surface area contributed by atoms with Gasteiger partial charge < -0.3 is 14.6 Å². The number of aliphatic hydroxyl groups excluding tert-OH is 1. The molecule has 0 spiro atoms. The zero-order chi connectivity index (χ0) is 50.6. The molecule has 0 saturated heterocycles. The Hall–Kier alpha value is -3.70. The lowest BCUT2D eigenvalue weighted by Gasteiger charge is -2.15. The van der Waals surface area contributed by atoms with E-state index >= 15 is 0 Å². The van der Waals surface area contributed by atoms with E-state index in [2.05, 4.69) is 135 Å². The summed E-state index contributed by atoms with van der Waals surface area (Å²) in [5.41, 5.74) is 0. The van der Waals surface area contributed by atoms with Crippen molar-refractivity contribution in [2.24, 2.45) is 0 Å². The second-order valence-electron chi connectivity index (χ2n) is 19.0. The number of hydrogen-bond acceptors (Lipinski definition) is 5. The van der Waals surface area contributed by atoms with Gasteiger partial charge in [-0.25, -0.2) is 0 Å². The molecule has 0 heterocycles. The van der Waals surface area contributed by atoms with E-state index in [0.29, 0.717) is 12.8 Å². The Balaban J connectivity index is 3.59. The van der Waals surface area contributed by atoms with E-state index in [1.54, 1.807) is 0 Å². The second kappa shape index (κ2) is 59.6. The Morgan fingerprint density at radius 3 is 0.943 bits per heavy atom. The molecule has 0 aliphatic heterocycles. The van der Waals surface area contributed by atoms with Crippen LogP contribution in [0.5, 0.6) is 0 Å². The Kier molecular flexibility index (Phi) is 56.5. The van der Waals surface area contributed by atoms with Crippen LogP contribution in [0.25, 0.3) is 0 Å². The van der Waals surface area contributed by atoms with Gasteiger partial charge in [-0.15, -0.1) is 0 Å². The average molecular weight is 970 g/mol. The highest BCUT2D eigenvalue weighted by Crippen LogP contribution is 2.15. The fourth-order valence-electron chi connectivity index (χ4n) is 7.90. The smallest absolute Gasteiger partial charge is 0.306 e. The lowest BCUT2D eigenvalue weighted by molar-refractivity contribution is -0.161. The Bertz CT molecular complexity index is 1420. The van der Waals surface area contributed by atoms with Gasteiger partial charge in [-0.2, -0.15) is 0 Å². The first-order chi connectivity index (χ1) is 34.6. The minimum absolute atomic E-state index is 0.0769. The van der Waals surface area contributed by atoms with E-state index in [1.807, 2.05) is 0 Å². The average Bonchev–Trinajstić information content (AvgIpc) is 3.36. The summed E-state index contributed by atoms with van der Waals surface area (Å²) in [5.74, 6) is -0.608. The van der Waals surface area contributed by atoms with Crippen LogP contribution in [0.3, 0.4) is 0 Å². The molecule has 1 unspecified atom stereocenters. The highest BCUT2D eigenvalue weighted by molar-refractivity contribution is 5.70. The topological polar surface area (TPSA) is 72.8 Å². The molecule has 0 bridgehead atoms. The van der Waals surface area contributed by atoms with Crippen LogP contribution in [0.2, 0.25) is 0 Å². The minimum atomic E-state index is -0.787. The summed E-state index contributed by atoms with van der Waals surface area (Å²) in [5, 5.41) is 9.66. The number of ether oxygens (including phenoxy) is 2. The predicted molar refractivity (Wildman–Crippen MR) is 306 cm³/mol. The van der Waals surface area contributed by atoms with Gasteiger partial charge in [0.2, 0.25) is 0 Å². The first kappa shape index (κ1) is 66.3. The van der Waals surface area contributed by atoms with E-state index in [1.165, 1.54) is 128 Å². The van der Waals surface area contributed by atoms with E-state index in [0.717, 1.165) is 103 Å². The number of esters is 2. The molecule has 0 radical (unpaired) electrons. The van der Waals surface area contributed by atoms with Gasteiger partial charge in [0.25, 0.3) is 0 Å². The Labute approximate surface area is 433 Å². The maximum absolute atomic E-state index is 12.3. The molecule has 0 rings (SSSR count). The molecule has 398 valence electrons. The van der Waals surface area contributed by atoms with Crippen LogP contribution in [-0.4, -0.2) is 36.4 Å². The molecule has 1 N–H and O–H groups in total. The number of hydrogen-bond donors (Lipinski definition) is 1. The van der Waals surface area contributed by atoms with Crippen LogP contribution in [-0.2, 0) is 19.1 Å². The van der Waals surface area contributed by atoms with E-state index in [-0.39, 0.29) is 25.2 Å². The summed E-state index contributed by atoms with van der Waals surface area (Å²) in [6, 6.07) is 0. The highest BCUT2D eigenvalue weighted by atomic mass is 16.6. The summed E-state index contributed by atoms with van der Waals surface area (Å²) in [6.45, 7) is 4.02. The SMILES string of the molecule is CC/C=C\C/C=C\C/C=C\C/C=C\C/C=C\C/C=C\C/C=C\C/C=C\C/C=C\CCCCCCCCCC(=O)OC(CO)COC(=O)CCCCCCCCCCC/C=C\CCCCCCCCCC. The van der Waals surface area contributed by atoms with Crippen LogP contribution in [0.1, 0.15) is 258 Å². The van der Waals surface area contributed by atoms with Crippen molar-refractivity contribution in [1.29, 1.82) is 0 Å². The summed E-state index contributed by atoms with van der Waals surface area (Å²) in [4.78, 5) is 24.5. The van der Waals surface area contributed by atoms with Crippen molar-refractivity contribution in [3.8, 4) is 0 Å². The molecule has 0 aromatic heterocycles. The summed E-state index contributed by atoms with van der Waals surface area (Å²) >= 11 is 0. The zero-order valence-electron chi connectivity index (χ0n) is 45.5. The Morgan fingerprint density at radius 1 is 0.343 bits per heavy atom. The first-order valence-electron chi connectivity index (χ1n) is 29.1. The maximum atomic E-state index is 12.3. The van der Waals surface area contributed by atoms with Gasteiger partial charge in [0.1, 0.15) is 6.61 Å². The number of unbranched alkanes of at least 4 members (excludes halogenated alkanes) is 24. The molecule has 0 aliphatic carbocycles. The summed E-state index contributed by atoms with van der Waals surface area (Å²) in [6.07, 6.45) is 87.4. The van der Waals surface area contributed by atoms with Crippen LogP contribution in [0.15, 0.2) is 122 Å². The largest absolute Gasteiger partial charge is 0.462 e. The molecule has 1 atom stereocenters. The van der Waals surface area contributed by atoms with Crippen molar-refractivity contribution in [1.82, 2.24) is 0 Å². The van der Waals surface area contributed by atoms with Gasteiger partial charge in [-0.05, 0) is 109 Å². The molecule has 0 aromatic rings. The fraction of sp³-hybridized carbons (Fsp3) is 0.662. The molecule has 5 nitrogen and oxygen atoms in total. The quantitative estimate of drug-likeness (QED) is 0.0374. The van der Waals surface area contributed by atoms with Gasteiger partial charge in [0, 0.05) is 12.8 Å². The van der Waals surface area contributed by atoms with Gasteiger partial charge in [-0.1, -0.05) is 257 Å². The molecular formula is C65H108O5. The van der Waals surface area contributed by atoms with Crippen LogP contribution in [0, 0.1) is 0 Å². The third-order valence-corrected chi connectivity index (χ3v) is 12.2. The third-order valence-electron chi connectivity index (χ3n) is 12.2. The highest BCUT2D eigenvalue weighted by Gasteiger charge is 2.16. The zero-order valence-corrected chi connectivity index (χ0v) is 45.5. The number of rotatable bonds is 52. The van der Waals surface area contributed by atoms with Crippen molar-refractivity contribution >= 4 is 11.9 Å². The molecule has 70 heavy (non-hydrogen) atoms. The number of carbonyl (C=O) groups excluding carboxylic acids is 2. The van der Waals surface area contributed by atoms with Crippen molar-refractivity contribution in [3.05, 3.63) is 122 Å². The molecule has 5 heteroatoms. The normalized spacial score (nSPS) is 13.1. The summed E-state index contributed by atoms with van der Waals surface area (Å²) < 4.78 is 10.7. The van der Waals surface area contributed by atoms with Gasteiger partial charge in [0.15, 0.2) is 6.10 Å². The molecular weight excluding hydrogens is 861 g/mol. The molecule has 0 aliphatic rings. The van der Waals surface area contributed by atoms with Gasteiger partial charge in [0.05, 0.1) is 6.61 Å². The number of aliphatic hydroxyl groups is 1. The van der Waals surface area contributed by atoms with E-state index < -0.39 is 6.10 Å². The first-order valence-corrected chi connectivity index (χ1v) is 29.1. The third kappa shape index (κ3) is 56.9. The summed E-state index contributed by atoms with van der Waals surface area (Å²) in [7, 11) is 0. The number of carbonyl (C=O) groups is 2. The van der Waals surface area contributed by atoms with Crippen LogP contribution >= 0.6 is 0 Å². The predicted octanol–water partition coefficient (Wildman–Crippen LogP) is 19.9. The van der Waals surface area contributed by atoms with Crippen LogP contribution in [0.4, 0.5) is 0 Å². The van der Waals surface area contributed by atoms with E-state index in [9.17, 15) is 14.7 Å². The lowest BCUT2D eigenvalue weighted by Crippen LogP contribution is -2.28. The van der Waals surface area contributed by atoms with Gasteiger partial charge >= 0.3 is 11.9 Å². The minimum Gasteiger partial charge on any atom is -0.462 e. The number of allylic oxidation sites excluding steroid dienone is 20. The standard InChI is InChI=1S/C65H108O5/c1-3-5-7-9-11-13-15-17-19-21-23-25-26-27-28-29-30-31-32-33-34-35-36-37-38-40-42-44-46-48-50-52-54-56-58-60-65(68)70-63(61-66)62-69-64(67)59-57-55-53-51-49-47-45-43-41-39-24-22-20-18-16-14-12-10-8-6-4-2/h5,7,11,13,17,19,22-25,27-28,30-31,33-34,36-37,40,42,63,66H,3-4,6,8-10,12,14-16,18,20-21,26,29,32,35,38-39,41,43-62H2,1-2H3/b7-5-,13-11-,19-17-,24-22-,25-23-,28-27-,31-30-,34-33-,37-36-,42-40-.